The summed E-state index contributed by atoms with van der Waals surface area (Å²) < 4.78 is 35.4. The third-order valence-corrected chi connectivity index (χ3v) is 2.76. The molecule has 5 nitrogen and oxygen atoms in total. The van der Waals surface area contributed by atoms with E-state index in [2.05, 4.69) is 4.74 Å². The van der Waals surface area contributed by atoms with Crippen molar-refractivity contribution in [2.75, 3.05) is 7.11 Å². The number of carboxylic acid groups (broad SMARTS) is 1. The van der Waals surface area contributed by atoms with Crippen LogP contribution >= 0.6 is 0 Å². The van der Waals surface area contributed by atoms with Gasteiger partial charge in [0.15, 0.2) is 5.41 Å². The minimum Gasteiger partial charge on any atom is -0.480 e. The summed E-state index contributed by atoms with van der Waals surface area (Å²) in [6, 6.07) is 2.17. The average Bonchev–Trinajstić information content (AvgIpc) is 2.66. The molecule has 7 heteroatoms. The van der Waals surface area contributed by atoms with E-state index in [9.17, 15) is 18.4 Å². The Hall–Kier alpha value is -1.92. The molecule has 92 valence electrons. The van der Waals surface area contributed by atoms with Gasteiger partial charge < -0.3 is 14.3 Å². The molecule has 1 aliphatic rings. The SMILES string of the molecule is COC(=O)c1ccc(C2(C(=O)O)CC2(F)F)o1. The van der Waals surface area contributed by atoms with Crippen LogP contribution in [0.4, 0.5) is 8.78 Å². The van der Waals surface area contributed by atoms with Gasteiger partial charge in [-0.15, -0.1) is 0 Å². The van der Waals surface area contributed by atoms with Gasteiger partial charge >= 0.3 is 11.9 Å². The van der Waals surface area contributed by atoms with E-state index in [4.69, 9.17) is 9.52 Å². The monoisotopic (exact) mass is 246 g/mol. The summed E-state index contributed by atoms with van der Waals surface area (Å²) in [6.45, 7) is 0. The van der Waals surface area contributed by atoms with Gasteiger partial charge in [0.05, 0.1) is 7.11 Å². The van der Waals surface area contributed by atoms with Crippen LogP contribution in [0.5, 0.6) is 0 Å². The zero-order valence-electron chi connectivity index (χ0n) is 8.70. The first-order valence-corrected chi connectivity index (χ1v) is 4.65. The number of aliphatic carboxylic acids is 1. The van der Waals surface area contributed by atoms with Crippen LogP contribution in [0.15, 0.2) is 16.5 Å². The average molecular weight is 246 g/mol. The molecule has 1 N–H and O–H groups in total. The standard InChI is InChI=1S/C10H8F2O5/c1-16-7(13)5-2-3-6(17-5)9(8(14)15)4-10(9,11)12/h2-3H,4H2,1H3,(H,14,15). The molecule has 0 aromatic carbocycles. The maximum Gasteiger partial charge on any atom is 0.373 e. The molecule has 0 bridgehead atoms. The molecule has 0 radical (unpaired) electrons. The molecular formula is C10H8F2O5. The Labute approximate surface area is 94.0 Å². The summed E-state index contributed by atoms with van der Waals surface area (Å²) in [6.07, 6.45) is -0.830. The molecule has 0 amide bonds. The smallest absolute Gasteiger partial charge is 0.373 e. The molecule has 2 rings (SSSR count). The second kappa shape index (κ2) is 3.28. The second-order valence-electron chi connectivity index (χ2n) is 3.75. The number of rotatable bonds is 3. The van der Waals surface area contributed by atoms with E-state index in [0.29, 0.717) is 0 Å². The maximum absolute atomic E-state index is 13.1. The van der Waals surface area contributed by atoms with E-state index in [1.54, 1.807) is 0 Å². The number of esters is 1. The third-order valence-electron chi connectivity index (χ3n) is 2.76. The number of halogens is 2. The van der Waals surface area contributed by atoms with Crippen molar-refractivity contribution in [3.63, 3.8) is 0 Å². The second-order valence-corrected chi connectivity index (χ2v) is 3.75. The van der Waals surface area contributed by atoms with E-state index in [0.717, 1.165) is 19.2 Å². The summed E-state index contributed by atoms with van der Waals surface area (Å²) >= 11 is 0. The van der Waals surface area contributed by atoms with Gasteiger partial charge in [0.1, 0.15) is 5.76 Å². The molecule has 1 saturated carbocycles. The van der Waals surface area contributed by atoms with Gasteiger partial charge in [0.25, 0.3) is 5.92 Å². The predicted octanol–water partition coefficient (Wildman–Crippen LogP) is 1.43. The number of furan rings is 1. The van der Waals surface area contributed by atoms with E-state index >= 15 is 0 Å². The van der Waals surface area contributed by atoms with Gasteiger partial charge in [0, 0.05) is 6.42 Å². The molecule has 1 aromatic heterocycles. The highest BCUT2D eigenvalue weighted by Gasteiger charge is 2.79. The zero-order valence-corrected chi connectivity index (χ0v) is 8.70. The van der Waals surface area contributed by atoms with Gasteiger partial charge in [0.2, 0.25) is 5.76 Å². The predicted molar refractivity (Wildman–Crippen MR) is 48.9 cm³/mol. The van der Waals surface area contributed by atoms with Crippen molar-refractivity contribution in [1.29, 1.82) is 0 Å². The number of carbonyl (C=O) groups is 2. The molecule has 1 aliphatic carbocycles. The van der Waals surface area contributed by atoms with Crippen LogP contribution in [0, 0.1) is 0 Å². The van der Waals surface area contributed by atoms with Crippen molar-refractivity contribution >= 4 is 11.9 Å². The third kappa shape index (κ3) is 1.42. The van der Waals surface area contributed by atoms with Gasteiger partial charge in [-0.25, -0.2) is 13.6 Å². The van der Waals surface area contributed by atoms with Crippen molar-refractivity contribution < 1.29 is 32.6 Å². The highest BCUT2D eigenvalue weighted by atomic mass is 19.3. The number of carboxylic acids is 1. The Morgan fingerprint density at radius 1 is 1.47 bits per heavy atom. The van der Waals surface area contributed by atoms with Crippen LogP contribution in [-0.4, -0.2) is 30.1 Å². The Morgan fingerprint density at radius 3 is 2.47 bits per heavy atom. The first-order valence-electron chi connectivity index (χ1n) is 4.65. The van der Waals surface area contributed by atoms with Crippen molar-refractivity contribution in [3.05, 3.63) is 23.7 Å². The van der Waals surface area contributed by atoms with Gasteiger partial charge in [-0.1, -0.05) is 0 Å². The lowest BCUT2D eigenvalue weighted by atomic mass is 10.0. The van der Waals surface area contributed by atoms with E-state index in [1.807, 2.05) is 0 Å². The van der Waals surface area contributed by atoms with Crippen LogP contribution in [0.1, 0.15) is 22.7 Å². The number of ether oxygens (including phenoxy) is 1. The highest BCUT2D eigenvalue weighted by Crippen LogP contribution is 2.61. The fourth-order valence-electron chi connectivity index (χ4n) is 1.67. The fraction of sp³-hybridized carbons (Fsp3) is 0.400. The quantitative estimate of drug-likeness (QED) is 0.816. The normalized spacial score (nSPS) is 25.4. The van der Waals surface area contributed by atoms with Crippen LogP contribution in [-0.2, 0) is 14.9 Å². The summed E-state index contributed by atoms with van der Waals surface area (Å²) in [5.74, 6) is -6.61. The Balaban J connectivity index is 2.38. The van der Waals surface area contributed by atoms with E-state index in [-0.39, 0.29) is 5.76 Å². The first kappa shape index (κ1) is 11.6. The topological polar surface area (TPSA) is 76.7 Å². The van der Waals surface area contributed by atoms with Gasteiger partial charge in [-0.05, 0) is 12.1 Å². The Morgan fingerprint density at radius 2 is 2.06 bits per heavy atom. The van der Waals surface area contributed by atoms with E-state index < -0.39 is 35.5 Å². The minimum atomic E-state index is -3.36. The maximum atomic E-state index is 13.1. The van der Waals surface area contributed by atoms with Crippen LogP contribution < -0.4 is 0 Å². The lowest BCUT2D eigenvalue weighted by Crippen LogP contribution is -2.26. The molecule has 1 unspecified atom stereocenters. The van der Waals surface area contributed by atoms with Gasteiger partial charge in [-0.2, -0.15) is 0 Å². The van der Waals surface area contributed by atoms with Gasteiger partial charge in [-0.3, -0.25) is 4.79 Å². The van der Waals surface area contributed by atoms with Crippen LogP contribution in [0.3, 0.4) is 0 Å². The number of methoxy groups -OCH3 is 1. The highest BCUT2D eigenvalue weighted by molar-refractivity contribution is 5.89. The molecule has 17 heavy (non-hydrogen) atoms. The lowest BCUT2D eigenvalue weighted by Gasteiger charge is -2.07. The van der Waals surface area contributed by atoms with E-state index in [1.165, 1.54) is 0 Å². The number of hydrogen-bond donors (Lipinski definition) is 1. The zero-order chi connectivity index (χ0) is 12.8. The van der Waals surface area contributed by atoms with Crippen molar-refractivity contribution in [2.24, 2.45) is 0 Å². The lowest BCUT2D eigenvalue weighted by molar-refractivity contribution is -0.143. The fourth-order valence-corrected chi connectivity index (χ4v) is 1.67. The number of carbonyl (C=O) groups excluding carboxylic acids is 1. The van der Waals surface area contributed by atoms with Crippen LogP contribution in [0.2, 0.25) is 0 Å². The molecular weight excluding hydrogens is 238 g/mol. The van der Waals surface area contributed by atoms with Crippen LogP contribution in [0.25, 0.3) is 0 Å². The Kier molecular flexibility index (Phi) is 2.23. The van der Waals surface area contributed by atoms with Crippen molar-refractivity contribution in [3.8, 4) is 0 Å². The first-order chi connectivity index (χ1) is 7.85. The summed E-state index contributed by atoms with van der Waals surface area (Å²) in [5, 5.41) is 8.84. The molecule has 0 aliphatic heterocycles. The number of alkyl halides is 2. The minimum absolute atomic E-state index is 0.300. The number of hydrogen-bond acceptors (Lipinski definition) is 4. The molecule has 0 saturated heterocycles. The van der Waals surface area contributed by atoms with Crippen molar-refractivity contribution in [2.45, 2.75) is 17.8 Å². The Bertz CT molecular complexity index is 493. The largest absolute Gasteiger partial charge is 0.480 e. The summed E-state index contributed by atoms with van der Waals surface area (Å²) in [5.41, 5.74) is -2.35. The van der Waals surface area contributed by atoms with Crippen molar-refractivity contribution in [1.82, 2.24) is 0 Å². The molecule has 1 aromatic rings. The summed E-state index contributed by atoms with van der Waals surface area (Å²) in [4.78, 5) is 21.9. The molecule has 1 fully saturated rings. The molecule has 1 atom stereocenters. The molecule has 1 heterocycles. The molecule has 0 spiro atoms. The summed E-state index contributed by atoms with van der Waals surface area (Å²) in [7, 11) is 1.10.